The van der Waals surface area contributed by atoms with E-state index in [4.69, 9.17) is 5.73 Å². The van der Waals surface area contributed by atoms with Crippen LogP contribution in [0, 0.1) is 23.7 Å². The molecule has 47 heavy (non-hydrogen) atoms. The molecular weight excluding hydrogens is 612 g/mol. The van der Waals surface area contributed by atoms with Crippen molar-refractivity contribution in [2.75, 3.05) is 6.54 Å². The number of hydrogen-bond acceptors (Lipinski definition) is 8. The predicted octanol–water partition coefficient (Wildman–Crippen LogP) is 0.598. The van der Waals surface area contributed by atoms with Crippen molar-refractivity contribution in [2.45, 2.75) is 130 Å². The van der Waals surface area contributed by atoms with Gasteiger partial charge in [0.1, 0.15) is 30.2 Å². The van der Waals surface area contributed by atoms with E-state index in [9.17, 15) is 43.8 Å². The molecule has 268 valence electrons. The number of nitrogens with two attached hydrogens (primary N) is 1. The van der Waals surface area contributed by atoms with Gasteiger partial charge in [0.25, 0.3) is 0 Å². The first-order chi connectivity index (χ1) is 21.7. The maximum atomic E-state index is 13.9. The molecule has 15 nitrogen and oxygen atoms in total. The van der Waals surface area contributed by atoms with E-state index in [0.29, 0.717) is 19.3 Å². The molecule has 0 spiro atoms. The van der Waals surface area contributed by atoms with Gasteiger partial charge in [0.2, 0.25) is 29.5 Å². The number of carboxylic acid groups (broad SMARTS) is 2. The zero-order chi connectivity index (χ0) is 36.2. The molecule has 1 saturated heterocycles. The highest BCUT2D eigenvalue weighted by Gasteiger charge is 2.40. The lowest BCUT2D eigenvalue weighted by atomic mass is 9.99. The van der Waals surface area contributed by atoms with Crippen molar-refractivity contribution >= 4 is 41.5 Å². The summed E-state index contributed by atoms with van der Waals surface area (Å²) in [5, 5.41) is 29.2. The van der Waals surface area contributed by atoms with Gasteiger partial charge >= 0.3 is 11.9 Å². The van der Waals surface area contributed by atoms with E-state index in [0.717, 1.165) is 0 Å². The third kappa shape index (κ3) is 13.9. The summed E-state index contributed by atoms with van der Waals surface area (Å²) in [4.78, 5) is 91.1. The smallest absolute Gasteiger partial charge is 0.326 e. The summed E-state index contributed by atoms with van der Waals surface area (Å²) in [5.41, 5.74) is 5.93. The van der Waals surface area contributed by atoms with Crippen molar-refractivity contribution in [3.05, 3.63) is 0 Å². The van der Waals surface area contributed by atoms with Crippen LogP contribution in [-0.2, 0) is 33.6 Å². The van der Waals surface area contributed by atoms with E-state index in [2.05, 4.69) is 21.3 Å². The van der Waals surface area contributed by atoms with Gasteiger partial charge in [-0.15, -0.1) is 0 Å². The average Bonchev–Trinajstić information content (AvgIpc) is 3.43. The van der Waals surface area contributed by atoms with E-state index < -0.39 is 90.1 Å². The Bertz CT molecular complexity index is 1130. The Balaban J connectivity index is 3.16. The summed E-state index contributed by atoms with van der Waals surface area (Å²) in [7, 11) is 0. The number of hydrogen-bond donors (Lipinski definition) is 7. The minimum atomic E-state index is -1.49. The van der Waals surface area contributed by atoms with Crippen molar-refractivity contribution in [3.63, 3.8) is 0 Å². The van der Waals surface area contributed by atoms with Crippen LogP contribution >= 0.6 is 0 Å². The number of nitrogens with zero attached hydrogens (tertiary/aromatic N) is 1. The van der Waals surface area contributed by atoms with Crippen LogP contribution in [0.4, 0.5) is 0 Å². The first kappa shape index (κ1) is 41.3. The Morgan fingerprint density at radius 3 is 1.70 bits per heavy atom. The minimum Gasteiger partial charge on any atom is -0.481 e. The zero-order valence-electron chi connectivity index (χ0n) is 29.0. The number of carbonyl (C=O) groups excluding carboxylic acids is 5. The fraction of sp³-hybridized carbons (Fsp3) is 0.781. The molecule has 0 bridgehead atoms. The molecule has 0 aromatic rings. The highest BCUT2D eigenvalue weighted by Crippen LogP contribution is 2.21. The molecular formula is C32H56N6O9. The fourth-order valence-electron chi connectivity index (χ4n) is 5.48. The van der Waals surface area contributed by atoms with Crippen LogP contribution < -0.4 is 27.0 Å². The molecule has 1 aliphatic heterocycles. The number of carboxylic acids is 2. The van der Waals surface area contributed by atoms with Gasteiger partial charge in [0.05, 0.1) is 12.5 Å². The number of aliphatic carboxylic acids is 2. The van der Waals surface area contributed by atoms with Crippen LogP contribution in [-0.4, -0.2) is 99.4 Å². The fourth-order valence-corrected chi connectivity index (χ4v) is 5.48. The van der Waals surface area contributed by atoms with Crippen LogP contribution in [0.3, 0.4) is 0 Å². The monoisotopic (exact) mass is 668 g/mol. The minimum absolute atomic E-state index is 0.000967. The van der Waals surface area contributed by atoms with Crippen molar-refractivity contribution in [2.24, 2.45) is 29.4 Å². The second kappa shape index (κ2) is 19.2. The van der Waals surface area contributed by atoms with Gasteiger partial charge in [-0.25, -0.2) is 4.79 Å². The molecule has 0 aromatic heterocycles. The van der Waals surface area contributed by atoms with Crippen LogP contribution in [0.5, 0.6) is 0 Å². The Labute approximate surface area is 277 Å². The molecule has 0 saturated carbocycles. The maximum Gasteiger partial charge on any atom is 0.326 e. The van der Waals surface area contributed by atoms with Gasteiger partial charge in [-0.05, 0) is 55.8 Å². The Hall–Kier alpha value is -3.75. The number of likely N-dealkylation sites (tertiary alicyclic amines) is 1. The molecule has 1 aliphatic rings. The average molecular weight is 669 g/mol. The third-order valence-corrected chi connectivity index (χ3v) is 7.80. The Morgan fingerprint density at radius 1 is 0.702 bits per heavy atom. The lowest BCUT2D eigenvalue weighted by Gasteiger charge is -2.32. The van der Waals surface area contributed by atoms with Crippen LogP contribution in [0.2, 0.25) is 0 Å². The standard InChI is InChI=1S/C32H56N6O9/c1-16(2)12-20(33)27(41)34-21(15-25(39)40)28(42)35-22(13-17(3)4)31(45)38-11-9-10-24(38)29(43)37-26(19(7)8)30(44)36-23(32(46)47)14-18(5)6/h16-24,26H,9-15,33H2,1-8H3,(H,34,41)(H,35,42)(H,36,44)(H,37,43)(H,39,40)(H,46,47)/t20-,21-,22-,23-,24-,26-/m0/s1. The van der Waals surface area contributed by atoms with E-state index in [1.165, 1.54) is 4.90 Å². The van der Waals surface area contributed by atoms with Gasteiger partial charge in [-0.1, -0.05) is 55.4 Å². The van der Waals surface area contributed by atoms with Crippen molar-refractivity contribution in [1.82, 2.24) is 26.2 Å². The lowest BCUT2D eigenvalue weighted by molar-refractivity contribution is -0.145. The molecule has 5 amide bonds. The van der Waals surface area contributed by atoms with Crippen molar-refractivity contribution in [3.8, 4) is 0 Å². The summed E-state index contributed by atoms with van der Waals surface area (Å²) < 4.78 is 0. The molecule has 0 unspecified atom stereocenters. The maximum absolute atomic E-state index is 13.9. The van der Waals surface area contributed by atoms with E-state index in [1.807, 2.05) is 41.5 Å². The second-order valence-electron chi connectivity index (χ2n) is 14.0. The van der Waals surface area contributed by atoms with Crippen molar-refractivity contribution in [1.29, 1.82) is 0 Å². The highest BCUT2D eigenvalue weighted by atomic mass is 16.4. The summed E-state index contributed by atoms with van der Waals surface area (Å²) in [5.74, 6) is -6.30. The lowest BCUT2D eigenvalue weighted by Crippen LogP contribution is -2.60. The van der Waals surface area contributed by atoms with Gasteiger partial charge in [0, 0.05) is 6.54 Å². The molecule has 0 radical (unpaired) electrons. The zero-order valence-corrected chi connectivity index (χ0v) is 29.0. The van der Waals surface area contributed by atoms with Gasteiger partial charge in [0.15, 0.2) is 0 Å². The molecule has 15 heteroatoms. The second-order valence-corrected chi connectivity index (χ2v) is 14.0. The predicted molar refractivity (Wildman–Crippen MR) is 174 cm³/mol. The Kier molecular flexibility index (Phi) is 16.8. The van der Waals surface area contributed by atoms with E-state index in [-0.39, 0.29) is 37.1 Å². The van der Waals surface area contributed by atoms with Gasteiger partial charge in [-0.2, -0.15) is 0 Å². The summed E-state index contributed by atoms with van der Waals surface area (Å²) >= 11 is 0. The first-order valence-electron chi connectivity index (χ1n) is 16.5. The summed E-state index contributed by atoms with van der Waals surface area (Å²) in [6.45, 7) is 14.7. The van der Waals surface area contributed by atoms with Crippen LogP contribution in [0.15, 0.2) is 0 Å². The van der Waals surface area contributed by atoms with E-state index in [1.54, 1.807) is 13.8 Å². The molecule has 1 heterocycles. The summed E-state index contributed by atoms with van der Waals surface area (Å²) in [6, 6.07) is -6.75. The van der Waals surface area contributed by atoms with Crippen LogP contribution in [0.1, 0.15) is 93.9 Å². The largest absolute Gasteiger partial charge is 0.481 e. The first-order valence-corrected chi connectivity index (χ1v) is 16.5. The molecule has 8 N–H and O–H groups in total. The quantitative estimate of drug-likeness (QED) is 0.101. The van der Waals surface area contributed by atoms with Crippen molar-refractivity contribution < 1.29 is 43.8 Å². The number of amides is 5. The number of carbonyl (C=O) groups is 7. The topological polar surface area (TPSA) is 237 Å². The van der Waals surface area contributed by atoms with Gasteiger partial charge < -0.3 is 42.1 Å². The normalized spacial score (nSPS) is 18.0. The SMILES string of the molecule is CC(C)C[C@H](NC(=O)[C@@H](NC(=O)[C@@H]1CCCN1C(=O)[C@H](CC(C)C)NC(=O)[C@H](CC(=O)O)NC(=O)[C@@H](N)CC(C)C)C(C)C)C(=O)O. The number of nitrogens with one attached hydrogen (secondary N) is 4. The number of rotatable bonds is 19. The van der Waals surface area contributed by atoms with Crippen LogP contribution in [0.25, 0.3) is 0 Å². The molecule has 0 aliphatic carbocycles. The molecule has 6 atom stereocenters. The highest BCUT2D eigenvalue weighted by molar-refractivity contribution is 5.97. The molecule has 0 aromatic carbocycles. The van der Waals surface area contributed by atoms with Gasteiger partial charge in [-0.3, -0.25) is 28.8 Å². The molecule has 1 fully saturated rings. The summed E-state index contributed by atoms with van der Waals surface area (Å²) in [6.07, 6.45) is 0.725. The Morgan fingerprint density at radius 2 is 1.21 bits per heavy atom. The molecule has 1 rings (SSSR count). The van der Waals surface area contributed by atoms with E-state index >= 15 is 0 Å². The third-order valence-electron chi connectivity index (χ3n) is 7.80.